The highest BCUT2D eigenvalue weighted by Crippen LogP contribution is 2.27. The van der Waals surface area contributed by atoms with E-state index in [-0.39, 0.29) is 24.1 Å². The molecule has 2 aromatic carbocycles. The number of phenolic OH excluding ortho intramolecular Hbond substituents is 1. The van der Waals surface area contributed by atoms with Crippen LogP contribution in [0.15, 0.2) is 42.5 Å². The van der Waals surface area contributed by atoms with Crippen molar-refractivity contribution in [3.8, 4) is 11.5 Å². The van der Waals surface area contributed by atoms with E-state index >= 15 is 0 Å². The van der Waals surface area contributed by atoms with Crippen LogP contribution in [0.1, 0.15) is 22.7 Å². The zero-order valence-electron chi connectivity index (χ0n) is 14.0. The fourth-order valence-corrected chi connectivity index (χ4v) is 2.34. The standard InChI is InChI=1S/C18H22N2O3.ClH/c1-12-4-7-14(8-5-12)17(19)18(22)20(2)11-13-6-9-16(23-3)15(21)10-13;/h4-10,17,21H,11,19H2,1-3H3;1H. The summed E-state index contributed by atoms with van der Waals surface area (Å²) in [5.74, 6) is 0.275. The van der Waals surface area contributed by atoms with Gasteiger partial charge in [-0.2, -0.15) is 0 Å². The maximum Gasteiger partial charge on any atom is 0.244 e. The number of carbonyl (C=O) groups is 1. The fourth-order valence-electron chi connectivity index (χ4n) is 2.34. The van der Waals surface area contributed by atoms with Crippen molar-refractivity contribution in [1.29, 1.82) is 0 Å². The quantitative estimate of drug-likeness (QED) is 0.869. The minimum atomic E-state index is -0.701. The summed E-state index contributed by atoms with van der Waals surface area (Å²) in [4.78, 5) is 14.0. The van der Waals surface area contributed by atoms with E-state index in [9.17, 15) is 9.90 Å². The molecule has 0 bridgehead atoms. The number of carbonyl (C=O) groups excluding carboxylic acids is 1. The average Bonchev–Trinajstić information content (AvgIpc) is 2.54. The Hall–Kier alpha value is -2.24. The molecule has 5 nitrogen and oxygen atoms in total. The van der Waals surface area contributed by atoms with Crippen molar-refractivity contribution in [2.45, 2.75) is 19.5 Å². The van der Waals surface area contributed by atoms with Gasteiger partial charge in [-0.1, -0.05) is 35.9 Å². The smallest absolute Gasteiger partial charge is 0.244 e. The molecule has 3 N–H and O–H groups in total. The summed E-state index contributed by atoms with van der Waals surface area (Å²) in [5, 5.41) is 9.80. The van der Waals surface area contributed by atoms with E-state index in [4.69, 9.17) is 10.5 Å². The molecule has 0 aliphatic carbocycles. The van der Waals surface area contributed by atoms with Gasteiger partial charge in [0.15, 0.2) is 11.5 Å². The van der Waals surface area contributed by atoms with Gasteiger partial charge in [0, 0.05) is 13.6 Å². The molecule has 1 amide bonds. The molecule has 1 atom stereocenters. The molecule has 0 heterocycles. The zero-order chi connectivity index (χ0) is 17.0. The number of aryl methyl sites for hydroxylation is 1. The number of benzene rings is 2. The van der Waals surface area contributed by atoms with E-state index < -0.39 is 6.04 Å². The van der Waals surface area contributed by atoms with Crippen LogP contribution in [0.2, 0.25) is 0 Å². The minimum absolute atomic E-state index is 0. The molecule has 2 aromatic rings. The van der Waals surface area contributed by atoms with Crippen molar-refractivity contribution in [3.63, 3.8) is 0 Å². The second-order valence-corrected chi connectivity index (χ2v) is 5.59. The van der Waals surface area contributed by atoms with E-state index in [0.29, 0.717) is 12.3 Å². The zero-order valence-corrected chi connectivity index (χ0v) is 14.8. The second-order valence-electron chi connectivity index (χ2n) is 5.59. The van der Waals surface area contributed by atoms with Gasteiger partial charge >= 0.3 is 0 Å². The number of methoxy groups -OCH3 is 1. The topological polar surface area (TPSA) is 75.8 Å². The lowest BCUT2D eigenvalue weighted by Gasteiger charge is -2.22. The SMILES string of the molecule is COc1ccc(CN(C)C(=O)C(N)c2ccc(C)cc2)cc1O.Cl. The first-order chi connectivity index (χ1) is 10.9. The number of hydrogen-bond donors (Lipinski definition) is 2. The third-order valence-corrected chi connectivity index (χ3v) is 3.74. The van der Waals surface area contributed by atoms with Gasteiger partial charge in [0.25, 0.3) is 0 Å². The summed E-state index contributed by atoms with van der Waals surface area (Å²) >= 11 is 0. The summed E-state index contributed by atoms with van der Waals surface area (Å²) in [6.07, 6.45) is 0. The highest BCUT2D eigenvalue weighted by Gasteiger charge is 2.20. The summed E-state index contributed by atoms with van der Waals surface area (Å²) in [6.45, 7) is 2.34. The molecule has 1 unspecified atom stereocenters. The first kappa shape index (κ1) is 19.8. The van der Waals surface area contributed by atoms with Crippen LogP contribution in [0.25, 0.3) is 0 Å². The van der Waals surface area contributed by atoms with Crippen LogP contribution in [0.4, 0.5) is 0 Å². The Bertz CT molecular complexity index is 689. The number of aromatic hydroxyl groups is 1. The number of nitrogens with zero attached hydrogens (tertiary/aromatic N) is 1. The largest absolute Gasteiger partial charge is 0.504 e. The number of halogens is 1. The average molecular weight is 351 g/mol. The number of likely N-dealkylation sites (N-methyl/N-ethyl adjacent to an activating group) is 1. The van der Waals surface area contributed by atoms with E-state index in [0.717, 1.165) is 16.7 Å². The fraction of sp³-hybridized carbons (Fsp3) is 0.278. The number of ether oxygens (including phenoxy) is 1. The summed E-state index contributed by atoms with van der Waals surface area (Å²) in [6, 6.07) is 12.0. The van der Waals surface area contributed by atoms with E-state index in [2.05, 4.69) is 0 Å². The van der Waals surface area contributed by atoms with Crippen molar-refractivity contribution < 1.29 is 14.6 Å². The van der Waals surface area contributed by atoms with E-state index in [1.54, 1.807) is 30.1 Å². The molecular formula is C18H23ClN2O3. The van der Waals surface area contributed by atoms with Crippen molar-refractivity contribution in [3.05, 3.63) is 59.2 Å². The van der Waals surface area contributed by atoms with Crippen molar-refractivity contribution in [2.24, 2.45) is 5.73 Å². The number of nitrogens with two attached hydrogens (primary N) is 1. The van der Waals surface area contributed by atoms with Gasteiger partial charge in [-0.25, -0.2) is 0 Å². The lowest BCUT2D eigenvalue weighted by atomic mass is 10.0. The highest BCUT2D eigenvalue weighted by atomic mass is 35.5. The third-order valence-electron chi connectivity index (χ3n) is 3.74. The first-order valence-electron chi connectivity index (χ1n) is 7.35. The Balaban J connectivity index is 0.00000288. The van der Waals surface area contributed by atoms with Crippen molar-refractivity contribution in [1.82, 2.24) is 4.90 Å². The molecule has 24 heavy (non-hydrogen) atoms. The Morgan fingerprint density at radius 2 is 1.88 bits per heavy atom. The molecular weight excluding hydrogens is 328 g/mol. The van der Waals surface area contributed by atoms with Crippen LogP contribution < -0.4 is 10.5 Å². The minimum Gasteiger partial charge on any atom is -0.504 e. The lowest BCUT2D eigenvalue weighted by molar-refractivity contribution is -0.131. The van der Waals surface area contributed by atoms with Crippen LogP contribution in [0.5, 0.6) is 11.5 Å². The molecule has 6 heteroatoms. The number of amides is 1. The Morgan fingerprint density at radius 1 is 1.25 bits per heavy atom. The maximum atomic E-state index is 12.5. The highest BCUT2D eigenvalue weighted by molar-refractivity contribution is 5.85. The van der Waals surface area contributed by atoms with Gasteiger partial charge in [-0.05, 0) is 30.2 Å². The maximum absolute atomic E-state index is 12.5. The van der Waals surface area contributed by atoms with Gasteiger partial charge in [0.1, 0.15) is 6.04 Å². The molecule has 0 spiro atoms. The van der Waals surface area contributed by atoms with Crippen LogP contribution in [0, 0.1) is 6.92 Å². The van der Waals surface area contributed by atoms with Gasteiger partial charge in [-0.3, -0.25) is 4.79 Å². The molecule has 0 saturated carbocycles. The van der Waals surface area contributed by atoms with Crippen LogP contribution >= 0.6 is 12.4 Å². The molecule has 0 aliphatic rings. The summed E-state index contributed by atoms with van der Waals surface area (Å²) in [7, 11) is 3.18. The predicted octanol–water partition coefficient (Wildman–Crippen LogP) is 2.79. The normalized spacial score (nSPS) is 11.3. The van der Waals surface area contributed by atoms with Gasteiger partial charge in [0.05, 0.1) is 7.11 Å². The predicted molar refractivity (Wildman–Crippen MR) is 96.5 cm³/mol. The molecule has 0 aliphatic heterocycles. The molecule has 0 saturated heterocycles. The second kappa shape index (κ2) is 8.57. The number of rotatable bonds is 5. The summed E-state index contributed by atoms with van der Waals surface area (Å²) in [5.41, 5.74) is 8.76. The van der Waals surface area contributed by atoms with E-state index in [1.807, 2.05) is 31.2 Å². The molecule has 0 aromatic heterocycles. The lowest BCUT2D eigenvalue weighted by Crippen LogP contribution is -2.35. The van der Waals surface area contributed by atoms with Gasteiger partial charge < -0.3 is 20.5 Å². The van der Waals surface area contributed by atoms with Crippen LogP contribution in [-0.4, -0.2) is 30.1 Å². The monoisotopic (exact) mass is 350 g/mol. The third kappa shape index (κ3) is 4.63. The van der Waals surface area contributed by atoms with E-state index in [1.165, 1.54) is 7.11 Å². The first-order valence-corrected chi connectivity index (χ1v) is 7.35. The van der Waals surface area contributed by atoms with Crippen molar-refractivity contribution >= 4 is 18.3 Å². The number of hydrogen-bond acceptors (Lipinski definition) is 4. The Morgan fingerprint density at radius 3 is 2.42 bits per heavy atom. The molecule has 0 radical (unpaired) electrons. The van der Waals surface area contributed by atoms with Crippen molar-refractivity contribution in [2.75, 3.05) is 14.2 Å². The van der Waals surface area contributed by atoms with Crippen LogP contribution in [0.3, 0.4) is 0 Å². The summed E-state index contributed by atoms with van der Waals surface area (Å²) < 4.78 is 5.01. The van der Waals surface area contributed by atoms with Gasteiger partial charge in [-0.15, -0.1) is 12.4 Å². The van der Waals surface area contributed by atoms with Crippen LogP contribution in [-0.2, 0) is 11.3 Å². The molecule has 2 rings (SSSR count). The Kier molecular flexibility index (Phi) is 7.07. The van der Waals surface area contributed by atoms with Gasteiger partial charge in [0.2, 0.25) is 5.91 Å². The molecule has 0 fully saturated rings. The molecule has 130 valence electrons. The Labute approximate surface area is 148 Å². The number of phenols is 1.